The standard InChI is InChI=1S/C15H22O4.Na.H/c1-3-5-6-11(4-2)10-19-12-7-8-13(15(17)18)14(16)9-12;;/h7-9,11,16H,3-6,10H2,1-2H3,(H,17,18);;. The zero-order valence-electron chi connectivity index (χ0n) is 11.6. The van der Waals surface area contributed by atoms with Crippen LogP contribution >= 0.6 is 0 Å². The molecular weight excluding hydrogens is 267 g/mol. The van der Waals surface area contributed by atoms with Crippen molar-refractivity contribution in [2.24, 2.45) is 5.92 Å². The van der Waals surface area contributed by atoms with Gasteiger partial charge in [0.05, 0.1) is 6.61 Å². The first-order valence-electron chi connectivity index (χ1n) is 6.77. The maximum absolute atomic E-state index is 10.8. The molecule has 5 heteroatoms. The first-order chi connectivity index (χ1) is 9.08. The Morgan fingerprint density at radius 1 is 1.35 bits per heavy atom. The molecule has 2 N–H and O–H groups in total. The molecule has 0 aliphatic rings. The molecule has 4 nitrogen and oxygen atoms in total. The number of hydrogen-bond acceptors (Lipinski definition) is 3. The molecule has 0 fully saturated rings. The summed E-state index contributed by atoms with van der Waals surface area (Å²) < 4.78 is 5.62. The Bertz CT molecular complexity index is 420. The third kappa shape index (κ3) is 6.16. The van der Waals surface area contributed by atoms with Crippen molar-refractivity contribution in [1.29, 1.82) is 0 Å². The third-order valence-electron chi connectivity index (χ3n) is 3.23. The van der Waals surface area contributed by atoms with Gasteiger partial charge in [-0.2, -0.15) is 0 Å². The van der Waals surface area contributed by atoms with Crippen LogP contribution in [0.1, 0.15) is 49.9 Å². The molecule has 0 saturated heterocycles. The van der Waals surface area contributed by atoms with E-state index in [9.17, 15) is 9.90 Å². The fraction of sp³-hybridized carbons (Fsp3) is 0.533. The van der Waals surface area contributed by atoms with Crippen molar-refractivity contribution in [3.8, 4) is 11.5 Å². The number of unbranched alkanes of at least 4 members (excludes halogenated alkanes) is 1. The summed E-state index contributed by atoms with van der Waals surface area (Å²) >= 11 is 0. The number of phenols is 1. The molecule has 0 aliphatic heterocycles. The van der Waals surface area contributed by atoms with Crippen LogP contribution < -0.4 is 4.74 Å². The van der Waals surface area contributed by atoms with E-state index < -0.39 is 5.97 Å². The second-order valence-corrected chi connectivity index (χ2v) is 4.71. The van der Waals surface area contributed by atoms with Crippen molar-refractivity contribution in [3.05, 3.63) is 23.8 Å². The molecule has 1 aromatic rings. The van der Waals surface area contributed by atoms with E-state index in [0.717, 1.165) is 12.8 Å². The molecule has 0 radical (unpaired) electrons. The predicted molar refractivity (Wildman–Crippen MR) is 81.0 cm³/mol. The molecule has 0 aliphatic carbocycles. The van der Waals surface area contributed by atoms with Gasteiger partial charge >= 0.3 is 35.5 Å². The zero-order valence-corrected chi connectivity index (χ0v) is 11.6. The van der Waals surface area contributed by atoms with Crippen LogP contribution in [0, 0.1) is 5.92 Å². The first kappa shape index (κ1) is 19.3. The Hall–Kier alpha value is -0.710. The minimum absolute atomic E-state index is 0. The van der Waals surface area contributed by atoms with Crippen LogP contribution in [0.2, 0.25) is 0 Å². The van der Waals surface area contributed by atoms with Gasteiger partial charge in [0.25, 0.3) is 0 Å². The van der Waals surface area contributed by atoms with Crippen LogP contribution in [-0.4, -0.2) is 52.3 Å². The molecule has 108 valence electrons. The van der Waals surface area contributed by atoms with Gasteiger partial charge in [-0.05, 0) is 24.5 Å². The normalized spacial score (nSPS) is 11.5. The fourth-order valence-corrected chi connectivity index (χ4v) is 1.89. The summed E-state index contributed by atoms with van der Waals surface area (Å²) in [6.45, 7) is 4.90. The Balaban J connectivity index is 0.00000361. The summed E-state index contributed by atoms with van der Waals surface area (Å²) in [5, 5.41) is 18.4. The van der Waals surface area contributed by atoms with Crippen LogP contribution in [0.3, 0.4) is 0 Å². The van der Waals surface area contributed by atoms with Crippen molar-refractivity contribution >= 4 is 35.5 Å². The molecule has 0 bridgehead atoms. The number of aromatic hydroxyl groups is 1. The molecule has 0 amide bonds. The molecule has 0 spiro atoms. The number of rotatable bonds is 8. The maximum atomic E-state index is 10.8. The summed E-state index contributed by atoms with van der Waals surface area (Å²) in [4.78, 5) is 10.8. The Kier molecular flexibility index (Phi) is 9.72. The van der Waals surface area contributed by atoms with E-state index >= 15 is 0 Å². The van der Waals surface area contributed by atoms with E-state index in [1.807, 2.05) is 0 Å². The molecule has 1 rings (SSSR count). The van der Waals surface area contributed by atoms with Crippen LogP contribution in [0.5, 0.6) is 11.5 Å². The van der Waals surface area contributed by atoms with Gasteiger partial charge in [-0.15, -0.1) is 0 Å². The van der Waals surface area contributed by atoms with Crippen molar-refractivity contribution in [2.45, 2.75) is 39.5 Å². The van der Waals surface area contributed by atoms with Gasteiger partial charge < -0.3 is 14.9 Å². The molecule has 1 unspecified atom stereocenters. The van der Waals surface area contributed by atoms with E-state index in [4.69, 9.17) is 9.84 Å². The average molecular weight is 290 g/mol. The number of hydrogen-bond donors (Lipinski definition) is 2. The van der Waals surface area contributed by atoms with Crippen LogP contribution in [0.4, 0.5) is 0 Å². The molecule has 0 aromatic heterocycles. The van der Waals surface area contributed by atoms with E-state index in [2.05, 4.69) is 13.8 Å². The van der Waals surface area contributed by atoms with Gasteiger partial charge in [0, 0.05) is 6.07 Å². The Morgan fingerprint density at radius 3 is 2.55 bits per heavy atom. The van der Waals surface area contributed by atoms with Crippen LogP contribution in [0.25, 0.3) is 0 Å². The van der Waals surface area contributed by atoms with Crippen LogP contribution in [-0.2, 0) is 0 Å². The second kappa shape index (κ2) is 10.1. The Labute approximate surface area is 142 Å². The number of ether oxygens (including phenoxy) is 1. The van der Waals surface area contributed by atoms with E-state index in [-0.39, 0.29) is 40.9 Å². The SMILES string of the molecule is CCCCC(CC)COc1ccc(C(=O)O)c(O)c1.[NaH]. The monoisotopic (exact) mass is 290 g/mol. The molecular formula is C15H23NaO4. The average Bonchev–Trinajstić information content (AvgIpc) is 2.38. The zero-order chi connectivity index (χ0) is 14.3. The molecule has 20 heavy (non-hydrogen) atoms. The fourth-order valence-electron chi connectivity index (χ4n) is 1.89. The summed E-state index contributed by atoms with van der Waals surface area (Å²) in [5.74, 6) is -0.385. The molecule has 0 heterocycles. The topological polar surface area (TPSA) is 66.8 Å². The summed E-state index contributed by atoms with van der Waals surface area (Å²) in [6, 6.07) is 4.30. The molecule has 0 saturated carbocycles. The number of carbonyl (C=O) groups is 1. The van der Waals surface area contributed by atoms with Gasteiger partial charge in [-0.25, -0.2) is 4.79 Å². The van der Waals surface area contributed by atoms with Gasteiger partial charge in [0.1, 0.15) is 17.1 Å². The van der Waals surface area contributed by atoms with Crippen molar-refractivity contribution in [3.63, 3.8) is 0 Å². The van der Waals surface area contributed by atoms with Gasteiger partial charge in [-0.3, -0.25) is 0 Å². The van der Waals surface area contributed by atoms with Gasteiger partial charge in [-0.1, -0.05) is 33.1 Å². The van der Waals surface area contributed by atoms with E-state index in [1.165, 1.54) is 25.0 Å². The number of benzene rings is 1. The van der Waals surface area contributed by atoms with Crippen molar-refractivity contribution in [2.75, 3.05) is 6.61 Å². The predicted octanol–water partition coefficient (Wildman–Crippen LogP) is 3.04. The van der Waals surface area contributed by atoms with Gasteiger partial charge in [0.15, 0.2) is 0 Å². The first-order valence-corrected chi connectivity index (χ1v) is 6.77. The Morgan fingerprint density at radius 2 is 2.05 bits per heavy atom. The van der Waals surface area contributed by atoms with Crippen molar-refractivity contribution in [1.82, 2.24) is 0 Å². The van der Waals surface area contributed by atoms with E-state index in [1.54, 1.807) is 6.07 Å². The quantitative estimate of drug-likeness (QED) is 0.722. The summed E-state index contributed by atoms with van der Waals surface area (Å²) in [5.41, 5.74) is -0.106. The summed E-state index contributed by atoms with van der Waals surface area (Å²) in [6.07, 6.45) is 4.54. The summed E-state index contributed by atoms with van der Waals surface area (Å²) in [7, 11) is 0. The van der Waals surface area contributed by atoms with Crippen molar-refractivity contribution < 1.29 is 19.7 Å². The number of carboxylic acid groups (broad SMARTS) is 1. The number of aromatic carboxylic acids is 1. The molecule has 1 aromatic carbocycles. The van der Waals surface area contributed by atoms with Crippen LogP contribution in [0.15, 0.2) is 18.2 Å². The minimum atomic E-state index is -1.14. The van der Waals surface area contributed by atoms with Gasteiger partial charge in [0.2, 0.25) is 0 Å². The van der Waals surface area contributed by atoms with E-state index in [0.29, 0.717) is 18.3 Å². The second-order valence-electron chi connectivity index (χ2n) is 4.71. The third-order valence-corrected chi connectivity index (χ3v) is 3.23. The number of carboxylic acids is 1. The molecule has 1 atom stereocenters.